The first kappa shape index (κ1) is 17.9. The van der Waals surface area contributed by atoms with Crippen LogP contribution in [0.25, 0.3) is 21.9 Å². The summed E-state index contributed by atoms with van der Waals surface area (Å²) < 4.78 is 2.45. The summed E-state index contributed by atoms with van der Waals surface area (Å²) in [5.41, 5.74) is 3.89. The third-order valence-corrected chi connectivity index (χ3v) is 5.49. The van der Waals surface area contributed by atoms with E-state index in [0.717, 1.165) is 21.3 Å². The maximum absolute atomic E-state index is 13.1. The van der Waals surface area contributed by atoms with Crippen LogP contribution < -0.4 is 10.2 Å². The third kappa shape index (κ3) is 3.66. The van der Waals surface area contributed by atoms with E-state index in [-0.39, 0.29) is 10.8 Å². The average Bonchev–Trinajstić information content (AvgIpc) is 3.00. The lowest BCUT2D eigenvalue weighted by Crippen LogP contribution is -2.13. The zero-order valence-electron chi connectivity index (χ0n) is 15.3. The summed E-state index contributed by atoms with van der Waals surface area (Å²) in [6.07, 6.45) is 1.88. The molecule has 5 heteroatoms. The maximum atomic E-state index is 13.1. The number of anilines is 1. The molecular formula is C23H18N2O2S. The molecule has 138 valence electrons. The predicted molar refractivity (Wildman–Crippen MR) is 116 cm³/mol. The summed E-state index contributed by atoms with van der Waals surface area (Å²) in [6.45, 7) is 0. The van der Waals surface area contributed by atoms with Gasteiger partial charge in [-0.25, -0.2) is 0 Å². The molecule has 0 aliphatic carbocycles. The molecule has 0 spiro atoms. The molecule has 4 aromatic rings. The van der Waals surface area contributed by atoms with Gasteiger partial charge < -0.3 is 9.88 Å². The molecule has 0 atom stereocenters. The van der Waals surface area contributed by atoms with E-state index in [0.29, 0.717) is 11.3 Å². The molecule has 28 heavy (non-hydrogen) atoms. The quantitative estimate of drug-likeness (QED) is 0.405. The number of benzene rings is 3. The molecule has 0 radical (unpaired) electrons. The van der Waals surface area contributed by atoms with E-state index in [1.165, 1.54) is 11.3 Å². The van der Waals surface area contributed by atoms with E-state index >= 15 is 0 Å². The van der Waals surface area contributed by atoms with Gasteiger partial charge in [-0.15, -0.1) is 0 Å². The van der Waals surface area contributed by atoms with Crippen molar-refractivity contribution in [2.24, 2.45) is 7.05 Å². The van der Waals surface area contributed by atoms with Gasteiger partial charge in [-0.2, -0.15) is 0 Å². The molecule has 1 aromatic heterocycles. The Bertz CT molecular complexity index is 1220. The number of aryl methyl sites for hydroxylation is 1. The van der Waals surface area contributed by atoms with Crippen LogP contribution in [0.4, 0.5) is 5.69 Å². The molecular weight excluding hydrogens is 368 g/mol. The molecule has 4 rings (SSSR count). The third-order valence-electron chi connectivity index (χ3n) is 4.49. The number of rotatable bonds is 4. The highest BCUT2D eigenvalue weighted by Crippen LogP contribution is 2.24. The summed E-state index contributed by atoms with van der Waals surface area (Å²) in [5.74, 6) is -0.197. The Morgan fingerprint density at radius 3 is 2.36 bits per heavy atom. The number of fused-ring (bicyclic) bond motifs is 1. The Labute approximate surface area is 166 Å². The van der Waals surface area contributed by atoms with Gasteiger partial charge in [0.25, 0.3) is 5.91 Å². The van der Waals surface area contributed by atoms with Crippen LogP contribution in [0.1, 0.15) is 11.1 Å². The van der Waals surface area contributed by atoms with Crippen molar-refractivity contribution in [2.45, 2.75) is 0 Å². The Morgan fingerprint density at radius 1 is 0.964 bits per heavy atom. The van der Waals surface area contributed by atoms with Gasteiger partial charge in [-0.1, -0.05) is 72.0 Å². The fourth-order valence-electron chi connectivity index (χ4n) is 3.02. The van der Waals surface area contributed by atoms with Gasteiger partial charge in [0, 0.05) is 18.3 Å². The monoisotopic (exact) mass is 386 g/mol. The first-order chi connectivity index (χ1) is 13.6. The highest BCUT2D eigenvalue weighted by molar-refractivity contribution is 7.16. The predicted octanol–water partition coefficient (Wildman–Crippen LogP) is 4.78. The number of aromatic nitrogens is 1. The number of nitrogens with one attached hydrogen (secondary N) is 1. The Hall–Kier alpha value is -3.44. The fourth-order valence-corrected chi connectivity index (χ4v) is 3.94. The lowest BCUT2D eigenvalue weighted by Gasteiger charge is -2.10. The summed E-state index contributed by atoms with van der Waals surface area (Å²) in [4.78, 5) is 24.9. The summed E-state index contributed by atoms with van der Waals surface area (Å²) >= 11 is 1.17. The SMILES string of the molecule is Cn1c(=O)sc2cc(NC(=O)/C(=C/c3ccccc3)c3ccccc3)ccc21. The van der Waals surface area contributed by atoms with Crippen LogP contribution in [-0.4, -0.2) is 10.5 Å². The highest BCUT2D eigenvalue weighted by Gasteiger charge is 2.13. The molecule has 4 nitrogen and oxygen atoms in total. The summed E-state index contributed by atoms with van der Waals surface area (Å²) in [5, 5.41) is 2.97. The maximum Gasteiger partial charge on any atom is 0.307 e. The first-order valence-electron chi connectivity index (χ1n) is 8.85. The smallest absolute Gasteiger partial charge is 0.307 e. The lowest BCUT2D eigenvalue weighted by molar-refractivity contribution is -0.111. The molecule has 0 aliphatic rings. The number of nitrogens with zero attached hydrogens (tertiary/aromatic N) is 1. The van der Waals surface area contributed by atoms with E-state index in [9.17, 15) is 9.59 Å². The van der Waals surface area contributed by atoms with Crippen LogP contribution in [0.2, 0.25) is 0 Å². The molecule has 0 bridgehead atoms. The number of hydrogen-bond donors (Lipinski definition) is 1. The average molecular weight is 386 g/mol. The molecule has 1 heterocycles. The van der Waals surface area contributed by atoms with Crippen molar-refractivity contribution in [1.82, 2.24) is 4.57 Å². The number of carbonyl (C=O) groups excluding carboxylic acids is 1. The van der Waals surface area contributed by atoms with Gasteiger partial charge in [-0.3, -0.25) is 9.59 Å². The molecule has 1 N–H and O–H groups in total. The van der Waals surface area contributed by atoms with Gasteiger partial charge in [0.1, 0.15) is 0 Å². The van der Waals surface area contributed by atoms with Crippen molar-refractivity contribution in [3.8, 4) is 0 Å². The minimum atomic E-state index is -0.197. The van der Waals surface area contributed by atoms with Crippen molar-refractivity contribution in [2.75, 3.05) is 5.32 Å². The Balaban J connectivity index is 1.70. The molecule has 0 saturated heterocycles. The van der Waals surface area contributed by atoms with Crippen molar-refractivity contribution in [1.29, 1.82) is 0 Å². The highest BCUT2D eigenvalue weighted by atomic mass is 32.1. The molecule has 3 aromatic carbocycles. The second-order valence-corrected chi connectivity index (χ2v) is 7.39. The van der Waals surface area contributed by atoms with Gasteiger partial charge in [0.15, 0.2) is 0 Å². The Kier molecular flexibility index (Phi) is 4.91. The van der Waals surface area contributed by atoms with Crippen LogP contribution in [0.3, 0.4) is 0 Å². The van der Waals surface area contributed by atoms with Crippen molar-refractivity contribution < 1.29 is 4.79 Å². The van der Waals surface area contributed by atoms with Gasteiger partial charge in [0.05, 0.1) is 10.2 Å². The lowest BCUT2D eigenvalue weighted by atomic mass is 10.0. The number of thiazole rings is 1. The van der Waals surface area contributed by atoms with E-state index < -0.39 is 0 Å². The number of hydrogen-bond acceptors (Lipinski definition) is 3. The minimum Gasteiger partial charge on any atom is -0.322 e. The van der Waals surface area contributed by atoms with Gasteiger partial charge in [-0.05, 0) is 35.4 Å². The first-order valence-corrected chi connectivity index (χ1v) is 9.66. The number of carbonyl (C=O) groups is 1. The molecule has 0 unspecified atom stereocenters. The van der Waals surface area contributed by atoms with E-state index in [1.54, 1.807) is 11.6 Å². The molecule has 0 aliphatic heterocycles. The normalized spacial score (nSPS) is 11.5. The van der Waals surface area contributed by atoms with Crippen molar-refractivity contribution >= 4 is 44.8 Å². The van der Waals surface area contributed by atoms with E-state index in [4.69, 9.17) is 0 Å². The van der Waals surface area contributed by atoms with Crippen LogP contribution >= 0.6 is 11.3 Å². The van der Waals surface area contributed by atoms with E-state index in [1.807, 2.05) is 84.9 Å². The standard InChI is InChI=1S/C23H18N2O2S/c1-25-20-13-12-18(15-21(20)28-23(25)27)24-22(26)19(17-10-6-3-7-11-17)14-16-8-4-2-5-9-16/h2-15H,1H3,(H,24,26)/b19-14+. The molecule has 0 fully saturated rings. The van der Waals surface area contributed by atoms with Crippen molar-refractivity contribution in [3.63, 3.8) is 0 Å². The zero-order chi connectivity index (χ0) is 19.5. The Morgan fingerprint density at radius 2 is 1.64 bits per heavy atom. The topological polar surface area (TPSA) is 51.1 Å². The van der Waals surface area contributed by atoms with Crippen LogP contribution in [0, 0.1) is 0 Å². The van der Waals surface area contributed by atoms with Crippen LogP contribution in [-0.2, 0) is 11.8 Å². The molecule has 1 amide bonds. The second-order valence-electron chi connectivity index (χ2n) is 6.40. The minimum absolute atomic E-state index is 0.0209. The summed E-state index contributed by atoms with van der Waals surface area (Å²) in [6, 6.07) is 24.8. The zero-order valence-corrected chi connectivity index (χ0v) is 16.1. The fraction of sp³-hybridized carbons (Fsp3) is 0.0435. The van der Waals surface area contributed by atoms with Crippen LogP contribution in [0.15, 0.2) is 83.7 Å². The largest absolute Gasteiger partial charge is 0.322 e. The number of amides is 1. The second kappa shape index (κ2) is 7.66. The van der Waals surface area contributed by atoms with Gasteiger partial charge >= 0.3 is 4.87 Å². The molecule has 0 saturated carbocycles. The van der Waals surface area contributed by atoms with E-state index in [2.05, 4.69) is 5.32 Å². The van der Waals surface area contributed by atoms with Gasteiger partial charge in [0.2, 0.25) is 0 Å². The van der Waals surface area contributed by atoms with Crippen molar-refractivity contribution in [3.05, 3.63) is 99.7 Å². The van der Waals surface area contributed by atoms with Crippen LogP contribution in [0.5, 0.6) is 0 Å². The summed E-state index contributed by atoms with van der Waals surface area (Å²) in [7, 11) is 1.75.